The third kappa shape index (κ3) is 86.3. The van der Waals surface area contributed by atoms with Crippen LogP contribution in [0, 0.1) is 0 Å². The molecule has 0 amide bonds. The van der Waals surface area contributed by atoms with Gasteiger partial charge in [0.1, 0.15) is 11.0 Å². The Morgan fingerprint density at radius 1 is 0.544 bits per heavy atom. The fraction of sp³-hybridized carbons (Fsp3) is 0.548. The first-order valence-electron chi connectivity index (χ1n) is 11.4. The number of rotatable bonds is 4. The summed E-state index contributed by atoms with van der Waals surface area (Å²) >= 11 is 12.1. The molecule has 4 N–H and O–H groups in total. The van der Waals surface area contributed by atoms with Gasteiger partial charge in [-0.25, -0.2) is 4.21 Å². The molecule has 3 rings (SSSR count). The van der Waals surface area contributed by atoms with E-state index in [2.05, 4.69) is 104 Å². The van der Waals surface area contributed by atoms with Crippen molar-refractivity contribution in [3.8, 4) is 0 Å². The van der Waals surface area contributed by atoms with Crippen LogP contribution >= 0.6 is 99.9 Å². The van der Waals surface area contributed by atoms with Crippen LogP contribution in [-0.4, -0.2) is 41.4 Å². The predicted octanol–water partition coefficient (Wildman–Crippen LogP) is 18.4. The fourth-order valence-corrected chi connectivity index (χ4v) is 3.15. The van der Waals surface area contributed by atoms with Gasteiger partial charge in [0.2, 0.25) is 0 Å². The molecule has 0 unspecified atom stereocenters. The van der Waals surface area contributed by atoms with Crippen molar-refractivity contribution in [3.63, 3.8) is 0 Å². The molecule has 0 aliphatic carbocycles. The van der Waals surface area contributed by atoms with Crippen LogP contribution in [0.15, 0.2) is 95.4 Å². The van der Waals surface area contributed by atoms with Gasteiger partial charge in [0.15, 0.2) is 0 Å². The predicted molar refractivity (Wildman–Crippen MR) is 328 cm³/mol. The van der Waals surface area contributed by atoms with Crippen molar-refractivity contribution >= 4 is 142 Å². The van der Waals surface area contributed by atoms with E-state index in [4.69, 9.17) is 11.5 Å². The van der Waals surface area contributed by atoms with E-state index in [-0.39, 0.29) is 153 Å². The molecule has 0 saturated carbocycles. The van der Waals surface area contributed by atoms with E-state index in [9.17, 15) is 4.21 Å². The van der Waals surface area contributed by atoms with Gasteiger partial charge in [-0.05, 0) is 51.3 Å². The van der Waals surface area contributed by atoms with E-state index in [0.717, 1.165) is 11.3 Å². The summed E-state index contributed by atoms with van der Waals surface area (Å²) in [6.45, 7) is 9.87. The first kappa shape index (κ1) is 131. The van der Waals surface area contributed by atoms with Crippen LogP contribution in [0.1, 0.15) is 163 Å². The molecule has 9 radical (unpaired) electrons. The van der Waals surface area contributed by atoms with Gasteiger partial charge in [-0.1, -0.05) is 202 Å². The summed E-state index contributed by atoms with van der Waals surface area (Å²) < 4.78 is 14.7. The third-order valence-corrected chi connectivity index (χ3v) is 5.02. The topological polar surface area (TPSA) is 81.5 Å². The van der Waals surface area contributed by atoms with Crippen LogP contribution in [0.4, 0.5) is 0 Å². The van der Waals surface area contributed by atoms with Crippen LogP contribution in [0.25, 0.3) is 0 Å². The second kappa shape index (κ2) is 78.9. The Bertz CT molecular complexity index is 1020. The van der Waals surface area contributed by atoms with Crippen molar-refractivity contribution in [3.05, 3.63) is 108 Å². The number of nitrogens with zero attached hydrogens (tertiary/aromatic N) is 1. The van der Waals surface area contributed by atoms with Crippen molar-refractivity contribution in [1.82, 2.24) is 0 Å². The summed E-state index contributed by atoms with van der Waals surface area (Å²) in [6, 6.07) is 29.9. The zero-order valence-corrected chi connectivity index (χ0v) is 39.0. The Hall–Kier alpha value is 2.41. The van der Waals surface area contributed by atoms with E-state index < -0.39 is 11.0 Å². The SMILES string of the molecule is C.C.C.C.C.C.C.C.C.C.C.C.C.C.C.CC(=N[S@](C)=O)c1ccccc1.CC(C)(N)c1ccccc1.CC(C)(N)c1ccccc1.[B].[B].[B].[I][V]([I])[I].[I][V][I]. The van der Waals surface area contributed by atoms with Crippen molar-refractivity contribution in [1.29, 1.82) is 0 Å². The monoisotopic (exact) mass is 1460 g/mol. The van der Waals surface area contributed by atoms with Crippen molar-refractivity contribution in [2.24, 2.45) is 15.9 Å². The summed E-state index contributed by atoms with van der Waals surface area (Å²) in [6.07, 6.45) is 1.56. The maximum absolute atomic E-state index is 10.8. The van der Waals surface area contributed by atoms with Gasteiger partial charge in [0, 0.05) is 42.6 Å². The molecule has 3 aromatic carbocycles. The number of hydrogen-bond donors (Lipinski definition) is 2. The Morgan fingerprint density at radius 2 is 0.719 bits per heavy atom. The maximum atomic E-state index is 10.8. The van der Waals surface area contributed by atoms with Crippen LogP contribution in [0.5, 0.6) is 0 Å². The van der Waals surface area contributed by atoms with Gasteiger partial charge < -0.3 is 11.5 Å². The fourth-order valence-electron chi connectivity index (χ4n) is 2.66. The zero-order chi connectivity index (χ0) is 30.5. The van der Waals surface area contributed by atoms with Crippen molar-refractivity contribution in [2.45, 2.75) is 157 Å². The van der Waals surface area contributed by atoms with Gasteiger partial charge in [0.05, 0.1) is 5.71 Å². The number of halogens is 5. The molecule has 3 aromatic rings. The molecule has 57 heavy (non-hydrogen) atoms. The Morgan fingerprint density at radius 3 is 0.860 bits per heavy atom. The molecule has 0 aliphatic rings. The number of benzene rings is 3. The van der Waals surface area contributed by atoms with Crippen molar-refractivity contribution in [2.75, 3.05) is 6.26 Å². The molecule has 0 fully saturated rings. The summed E-state index contributed by atoms with van der Waals surface area (Å²) in [7, 11) is -0.481. The van der Waals surface area contributed by atoms with E-state index in [0.29, 0.717) is 9.47 Å². The molecule has 1 atom stereocenters. The number of nitrogens with two attached hydrogens (primary N) is 2. The van der Waals surface area contributed by atoms with Gasteiger partial charge in [0.25, 0.3) is 0 Å². The summed E-state index contributed by atoms with van der Waals surface area (Å²) in [5.41, 5.74) is 15.5. The molecule has 0 spiro atoms. The molecule has 4 nitrogen and oxygen atoms in total. The summed E-state index contributed by atoms with van der Waals surface area (Å²) in [4.78, 5) is -0.278. The quantitative estimate of drug-likeness (QED) is 0.155. The van der Waals surface area contributed by atoms with Gasteiger partial charge in [-0.2, -0.15) is 4.40 Å². The van der Waals surface area contributed by atoms with E-state index in [1.807, 2.05) is 126 Å². The van der Waals surface area contributed by atoms with E-state index in [1.165, 1.54) is 11.1 Å². The van der Waals surface area contributed by atoms with E-state index >= 15 is 0 Å². The average molecular weight is 1460 g/mol. The van der Waals surface area contributed by atoms with Crippen LogP contribution in [0.2, 0.25) is 0 Å². The molecule has 0 aliphatic heterocycles. The molecule has 346 valence electrons. The minimum atomic E-state index is -1.11. The first-order chi connectivity index (χ1) is 18.1. The van der Waals surface area contributed by atoms with Crippen LogP contribution < -0.4 is 11.5 Å². The molecular formula is C42H97B3I5N3OSV2. The minimum absolute atomic E-state index is 0. The van der Waals surface area contributed by atoms with Gasteiger partial charge in [-0.3, -0.25) is 0 Å². The van der Waals surface area contributed by atoms with E-state index in [1.54, 1.807) is 6.26 Å². The third-order valence-electron chi connectivity index (χ3n) is 4.49. The first-order valence-corrected chi connectivity index (χ1v) is 35.4. The van der Waals surface area contributed by atoms with Gasteiger partial charge >= 0.3 is 114 Å². The molecule has 15 heteroatoms. The summed E-state index contributed by atoms with van der Waals surface area (Å²) in [5.74, 6) is 0. The van der Waals surface area contributed by atoms with Crippen molar-refractivity contribution < 1.29 is 18.6 Å². The standard InChI is InChI=1S/C9H11NOS.2C9H13N.15CH4.3B.5HI.2V/c1-8(10-12(2)11)9-6-4-3-5-7-9;2*1-9(2,10)8-6-4-3-5-7-8;;;;;;;;;;;;;;;;;;;;;;;;;/h3-7H,1-2H3;2*3-7H,10H2,1-2H3;15*1H4;;;;5*1H;;/q;;;;;;;;;;;;;;;;;;;;;;;;;;+2;+3/p-5/t12-;;;;;;;;;;;;;;;;;;;;;;;;;;;/m0.........................../s1. The molecule has 0 aromatic heterocycles. The van der Waals surface area contributed by atoms with Crippen LogP contribution in [-0.2, 0) is 36.4 Å². The Kier molecular flexibility index (Phi) is 181. The molecular weight excluding hydrogens is 1360 g/mol. The molecule has 0 heterocycles. The number of hydrogen-bond acceptors (Lipinski definition) is 3. The summed E-state index contributed by atoms with van der Waals surface area (Å²) in [5, 5.41) is 0. The molecule has 0 bridgehead atoms. The Balaban J connectivity index is -0.0000000162. The second-order valence-corrected chi connectivity index (χ2v) is 57.1. The van der Waals surface area contributed by atoms with Crippen LogP contribution in [0.3, 0.4) is 0 Å². The second-order valence-electron chi connectivity index (χ2n) is 8.90. The Labute approximate surface area is 440 Å². The van der Waals surface area contributed by atoms with Gasteiger partial charge in [-0.15, -0.1) is 0 Å². The normalized spacial score (nSPS) is 7.93. The zero-order valence-electron chi connectivity index (χ0n) is 24.6. The average Bonchev–Trinajstić information content (AvgIpc) is 2.85. The molecule has 0 saturated heterocycles.